The molecule has 1 fully saturated rings. The Bertz CT molecular complexity index is 480. The van der Waals surface area contributed by atoms with E-state index >= 15 is 0 Å². The van der Waals surface area contributed by atoms with Crippen molar-refractivity contribution >= 4 is 11.7 Å². The molecular formula is C13H16N4O. The largest absolute Gasteiger partial charge is 0.322 e. The molecule has 0 saturated carbocycles. The molecule has 2 rings (SSSR count). The number of rotatable bonds is 1. The standard InChI is InChI=1S/C13H16N4O/c1-10-9-17(6-5-15-10)13(18)16-12-4-2-3-11(7-12)8-14/h2-4,7,10,15H,5-6,9H2,1H3,(H,16,18)/t10-/m0/s1. The highest BCUT2D eigenvalue weighted by atomic mass is 16.2. The van der Waals surface area contributed by atoms with Gasteiger partial charge in [0.05, 0.1) is 11.6 Å². The van der Waals surface area contributed by atoms with Crippen molar-refractivity contribution in [1.29, 1.82) is 5.26 Å². The first-order chi connectivity index (χ1) is 8.69. The van der Waals surface area contributed by atoms with Crippen molar-refractivity contribution < 1.29 is 4.79 Å². The van der Waals surface area contributed by atoms with E-state index in [1.54, 1.807) is 29.2 Å². The minimum Gasteiger partial charge on any atom is -0.322 e. The van der Waals surface area contributed by atoms with Crippen LogP contribution in [0.15, 0.2) is 24.3 Å². The zero-order valence-corrected chi connectivity index (χ0v) is 10.3. The number of urea groups is 1. The van der Waals surface area contributed by atoms with Gasteiger partial charge >= 0.3 is 6.03 Å². The Morgan fingerprint density at radius 1 is 1.61 bits per heavy atom. The molecule has 2 amide bonds. The van der Waals surface area contributed by atoms with Crippen molar-refractivity contribution in [2.75, 3.05) is 25.0 Å². The minimum atomic E-state index is -0.113. The van der Waals surface area contributed by atoms with Crippen LogP contribution in [0.1, 0.15) is 12.5 Å². The van der Waals surface area contributed by atoms with Gasteiger partial charge in [0.15, 0.2) is 0 Å². The van der Waals surface area contributed by atoms with Crippen LogP contribution in [-0.2, 0) is 0 Å². The Morgan fingerprint density at radius 3 is 3.17 bits per heavy atom. The lowest BCUT2D eigenvalue weighted by atomic mass is 10.2. The number of piperazine rings is 1. The number of nitrogens with zero attached hydrogens (tertiary/aromatic N) is 2. The van der Waals surface area contributed by atoms with Crippen LogP contribution in [0.4, 0.5) is 10.5 Å². The molecule has 1 aromatic carbocycles. The van der Waals surface area contributed by atoms with Crippen molar-refractivity contribution in [2.45, 2.75) is 13.0 Å². The van der Waals surface area contributed by atoms with E-state index in [-0.39, 0.29) is 6.03 Å². The van der Waals surface area contributed by atoms with Crippen LogP contribution in [0, 0.1) is 11.3 Å². The van der Waals surface area contributed by atoms with E-state index in [4.69, 9.17) is 5.26 Å². The van der Waals surface area contributed by atoms with Crippen LogP contribution < -0.4 is 10.6 Å². The molecule has 0 radical (unpaired) electrons. The minimum absolute atomic E-state index is 0.113. The van der Waals surface area contributed by atoms with Gasteiger partial charge in [0.2, 0.25) is 0 Å². The fraction of sp³-hybridized carbons (Fsp3) is 0.385. The zero-order chi connectivity index (χ0) is 13.0. The molecule has 5 heteroatoms. The molecule has 5 nitrogen and oxygen atoms in total. The first kappa shape index (κ1) is 12.4. The van der Waals surface area contributed by atoms with Gasteiger partial charge in [0.25, 0.3) is 0 Å². The second-order valence-electron chi connectivity index (χ2n) is 4.42. The van der Waals surface area contributed by atoms with E-state index in [1.165, 1.54) is 0 Å². The van der Waals surface area contributed by atoms with Gasteiger partial charge < -0.3 is 15.5 Å². The van der Waals surface area contributed by atoms with Crippen LogP contribution in [0.25, 0.3) is 0 Å². The van der Waals surface area contributed by atoms with E-state index < -0.39 is 0 Å². The number of nitriles is 1. The van der Waals surface area contributed by atoms with Crippen molar-refractivity contribution in [3.63, 3.8) is 0 Å². The number of carbonyl (C=O) groups excluding carboxylic acids is 1. The topological polar surface area (TPSA) is 68.2 Å². The van der Waals surface area contributed by atoms with Gasteiger partial charge in [-0.3, -0.25) is 0 Å². The molecule has 1 heterocycles. The van der Waals surface area contributed by atoms with Crippen molar-refractivity contribution in [2.24, 2.45) is 0 Å². The molecule has 1 aliphatic rings. The summed E-state index contributed by atoms with van der Waals surface area (Å²) in [6.07, 6.45) is 0. The van der Waals surface area contributed by atoms with E-state index in [0.717, 1.165) is 6.54 Å². The maximum atomic E-state index is 12.0. The van der Waals surface area contributed by atoms with Crippen LogP contribution in [0.2, 0.25) is 0 Å². The van der Waals surface area contributed by atoms with Crippen molar-refractivity contribution in [3.05, 3.63) is 29.8 Å². The zero-order valence-electron chi connectivity index (χ0n) is 10.3. The summed E-state index contributed by atoms with van der Waals surface area (Å²) in [7, 11) is 0. The third-order valence-corrected chi connectivity index (χ3v) is 2.90. The average Bonchev–Trinajstić information content (AvgIpc) is 2.39. The molecule has 1 aliphatic heterocycles. The highest BCUT2D eigenvalue weighted by Crippen LogP contribution is 2.11. The number of anilines is 1. The van der Waals surface area contributed by atoms with E-state index in [1.807, 2.05) is 0 Å². The third kappa shape index (κ3) is 2.99. The highest BCUT2D eigenvalue weighted by Gasteiger charge is 2.20. The van der Waals surface area contributed by atoms with Gasteiger partial charge in [-0.1, -0.05) is 6.07 Å². The van der Waals surface area contributed by atoms with Crippen LogP contribution in [-0.4, -0.2) is 36.6 Å². The van der Waals surface area contributed by atoms with Gasteiger partial charge in [0, 0.05) is 31.4 Å². The Labute approximate surface area is 106 Å². The molecule has 0 aliphatic carbocycles. The summed E-state index contributed by atoms with van der Waals surface area (Å²) in [4.78, 5) is 13.8. The third-order valence-electron chi connectivity index (χ3n) is 2.90. The van der Waals surface area contributed by atoms with Gasteiger partial charge in [-0.05, 0) is 25.1 Å². The predicted octanol–water partition coefficient (Wildman–Crippen LogP) is 1.38. The summed E-state index contributed by atoms with van der Waals surface area (Å²) in [5, 5.41) is 14.9. The molecule has 0 spiro atoms. The van der Waals surface area contributed by atoms with Crippen LogP contribution >= 0.6 is 0 Å². The Morgan fingerprint density at radius 2 is 2.44 bits per heavy atom. The molecule has 1 atom stereocenters. The fourth-order valence-corrected chi connectivity index (χ4v) is 1.99. The highest BCUT2D eigenvalue weighted by molar-refractivity contribution is 5.89. The van der Waals surface area contributed by atoms with E-state index in [0.29, 0.717) is 30.4 Å². The lowest BCUT2D eigenvalue weighted by Crippen LogP contribution is -2.52. The smallest absolute Gasteiger partial charge is 0.321 e. The lowest BCUT2D eigenvalue weighted by Gasteiger charge is -2.31. The fourth-order valence-electron chi connectivity index (χ4n) is 1.99. The maximum absolute atomic E-state index is 12.0. The number of benzene rings is 1. The molecule has 18 heavy (non-hydrogen) atoms. The summed E-state index contributed by atoms with van der Waals surface area (Å²) < 4.78 is 0. The van der Waals surface area contributed by atoms with E-state index in [2.05, 4.69) is 23.6 Å². The summed E-state index contributed by atoms with van der Waals surface area (Å²) >= 11 is 0. The molecule has 1 saturated heterocycles. The molecule has 0 aromatic heterocycles. The number of hydrogen-bond donors (Lipinski definition) is 2. The Balaban J connectivity index is 2.00. The molecule has 2 N–H and O–H groups in total. The predicted molar refractivity (Wildman–Crippen MR) is 69.2 cm³/mol. The average molecular weight is 244 g/mol. The summed E-state index contributed by atoms with van der Waals surface area (Å²) in [5.74, 6) is 0. The monoisotopic (exact) mass is 244 g/mol. The van der Waals surface area contributed by atoms with Gasteiger partial charge in [-0.25, -0.2) is 4.79 Å². The number of amides is 2. The van der Waals surface area contributed by atoms with Gasteiger partial charge in [0.1, 0.15) is 0 Å². The first-order valence-electron chi connectivity index (χ1n) is 5.98. The van der Waals surface area contributed by atoms with Gasteiger partial charge in [-0.2, -0.15) is 5.26 Å². The molecule has 0 unspecified atom stereocenters. The SMILES string of the molecule is C[C@H]1CN(C(=O)Nc2cccc(C#N)c2)CCN1. The molecule has 94 valence electrons. The molecular weight excluding hydrogens is 228 g/mol. The number of carbonyl (C=O) groups is 1. The van der Waals surface area contributed by atoms with Crippen molar-refractivity contribution in [3.8, 4) is 6.07 Å². The van der Waals surface area contributed by atoms with Gasteiger partial charge in [-0.15, -0.1) is 0 Å². The number of hydrogen-bond acceptors (Lipinski definition) is 3. The molecule has 0 bridgehead atoms. The quantitative estimate of drug-likeness (QED) is 0.784. The lowest BCUT2D eigenvalue weighted by molar-refractivity contribution is 0.192. The second kappa shape index (κ2) is 5.52. The summed E-state index contributed by atoms with van der Waals surface area (Å²) in [6, 6.07) is 9.18. The van der Waals surface area contributed by atoms with Crippen molar-refractivity contribution in [1.82, 2.24) is 10.2 Å². The maximum Gasteiger partial charge on any atom is 0.321 e. The Kier molecular flexibility index (Phi) is 3.80. The first-order valence-corrected chi connectivity index (χ1v) is 5.98. The van der Waals surface area contributed by atoms with Crippen LogP contribution in [0.3, 0.4) is 0 Å². The van der Waals surface area contributed by atoms with E-state index in [9.17, 15) is 4.79 Å². The molecule has 1 aromatic rings. The Hall–Kier alpha value is -2.06. The number of nitrogens with one attached hydrogen (secondary N) is 2. The summed E-state index contributed by atoms with van der Waals surface area (Å²) in [5.41, 5.74) is 1.20. The normalized spacial score (nSPS) is 19.1. The van der Waals surface area contributed by atoms with Crippen LogP contribution in [0.5, 0.6) is 0 Å². The summed E-state index contributed by atoms with van der Waals surface area (Å²) in [6.45, 7) is 4.26. The second-order valence-corrected chi connectivity index (χ2v) is 4.42.